The van der Waals surface area contributed by atoms with Gasteiger partial charge in [0.25, 0.3) is 5.91 Å². The number of piperazine rings is 1. The summed E-state index contributed by atoms with van der Waals surface area (Å²) >= 11 is 1.47. The van der Waals surface area contributed by atoms with Crippen molar-refractivity contribution in [2.75, 3.05) is 51.8 Å². The van der Waals surface area contributed by atoms with Crippen molar-refractivity contribution < 1.29 is 28.5 Å². The molecule has 3 aliphatic heterocycles. The van der Waals surface area contributed by atoms with E-state index in [0.29, 0.717) is 56.6 Å². The van der Waals surface area contributed by atoms with E-state index in [9.17, 15) is 9.59 Å². The minimum absolute atomic E-state index is 0.0585. The molecular weight excluding hydrogens is 432 g/mol. The molecule has 0 radical (unpaired) electrons. The second-order valence-corrected chi connectivity index (χ2v) is 8.71. The van der Waals surface area contributed by atoms with Gasteiger partial charge in [0.1, 0.15) is 19.8 Å². The quantitative estimate of drug-likeness (QED) is 0.652. The van der Waals surface area contributed by atoms with Crippen LogP contribution in [0.1, 0.15) is 0 Å². The maximum atomic E-state index is 12.9. The Morgan fingerprint density at radius 2 is 1.53 bits per heavy atom. The third-order valence-corrected chi connectivity index (χ3v) is 6.58. The Morgan fingerprint density at radius 3 is 2.34 bits per heavy atom. The molecule has 3 aliphatic rings. The number of thioether (sulfide) groups is 1. The van der Waals surface area contributed by atoms with Crippen LogP contribution in [0.15, 0.2) is 47.4 Å². The molecule has 2 aromatic carbocycles. The zero-order valence-corrected chi connectivity index (χ0v) is 18.3. The van der Waals surface area contributed by atoms with Gasteiger partial charge in [-0.25, -0.2) is 0 Å². The Hall–Kier alpha value is -3.07. The molecule has 1 fully saturated rings. The van der Waals surface area contributed by atoms with Crippen LogP contribution < -0.4 is 18.9 Å². The SMILES string of the molecule is O=C(CSc1ccc2c(c1)OCCO2)N1CCN(C(=O)[C@H]2COc3ccccc3O2)CC1. The number of rotatable bonds is 4. The van der Waals surface area contributed by atoms with Crippen molar-refractivity contribution in [1.29, 1.82) is 0 Å². The van der Waals surface area contributed by atoms with E-state index in [1.165, 1.54) is 11.8 Å². The van der Waals surface area contributed by atoms with E-state index in [1.807, 2.05) is 41.3 Å². The van der Waals surface area contributed by atoms with Crippen LogP contribution in [0.2, 0.25) is 0 Å². The molecule has 2 amide bonds. The van der Waals surface area contributed by atoms with Gasteiger partial charge < -0.3 is 28.7 Å². The van der Waals surface area contributed by atoms with Gasteiger partial charge >= 0.3 is 0 Å². The Bertz CT molecular complexity index is 1010. The molecule has 168 valence electrons. The summed E-state index contributed by atoms with van der Waals surface area (Å²) in [5, 5.41) is 0. The van der Waals surface area contributed by atoms with Crippen molar-refractivity contribution in [3.8, 4) is 23.0 Å². The number of carbonyl (C=O) groups excluding carboxylic acids is 2. The van der Waals surface area contributed by atoms with E-state index >= 15 is 0 Å². The number of nitrogens with zero attached hydrogens (tertiary/aromatic N) is 2. The summed E-state index contributed by atoms with van der Waals surface area (Å²) < 4.78 is 22.6. The number of fused-ring (bicyclic) bond motifs is 2. The Balaban J connectivity index is 1.10. The first-order valence-corrected chi connectivity index (χ1v) is 11.6. The summed E-state index contributed by atoms with van der Waals surface area (Å²) in [5.74, 6) is 3.00. The number of ether oxygens (including phenoxy) is 4. The Labute approximate surface area is 190 Å². The van der Waals surface area contributed by atoms with Gasteiger partial charge in [-0.2, -0.15) is 0 Å². The van der Waals surface area contributed by atoms with Gasteiger partial charge in [-0.1, -0.05) is 12.1 Å². The maximum Gasteiger partial charge on any atom is 0.267 e. The van der Waals surface area contributed by atoms with Crippen LogP contribution in [0.3, 0.4) is 0 Å². The van der Waals surface area contributed by atoms with Gasteiger partial charge in [-0.3, -0.25) is 9.59 Å². The minimum atomic E-state index is -0.655. The molecule has 0 unspecified atom stereocenters. The fraction of sp³-hybridized carbons (Fsp3) is 0.391. The molecule has 5 rings (SSSR count). The molecular formula is C23H24N2O6S. The van der Waals surface area contributed by atoms with Gasteiger partial charge in [0, 0.05) is 31.1 Å². The smallest absolute Gasteiger partial charge is 0.267 e. The highest BCUT2D eigenvalue weighted by Crippen LogP contribution is 2.34. The maximum absolute atomic E-state index is 12.9. The first-order valence-electron chi connectivity index (χ1n) is 10.6. The van der Waals surface area contributed by atoms with Gasteiger partial charge in [-0.05, 0) is 30.3 Å². The Kier molecular flexibility index (Phi) is 5.98. The number of hydrogen-bond donors (Lipinski definition) is 0. The predicted molar refractivity (Wildman–Crippen MR) is 118 cm³/mol. The van der Waals surface area contributed by atoms with E-state index in [2.05, 4.69) is 0 Å². The highest BCUT2D eigenvalue weighted by atomic mass is 32.2. The van der Waals surface area contributed by atoms with E-state index in [4.69, 9.17) is 18.9 Å². The van der Waals surface area contributed by atoms with Gasteiger partial charge in [0.2, 0.25) is 12.0 Å². The molecule has 0 saturated carbocycles. The van der Waals surface area contributed by atoms with Gasteiger partial charge in [-0.15, -0.1) is 11.8 Å². The molecule has 3 heterocycles. The van der Waals surface area contributed by atoms with Crippen LogP contribution in [0.25, 0.3) is 0 Å². The molecule has 0 bridgehead atoms. The first-order chi connectivity index (χ1) is 15.7. The van der Waals surface area contributed by atoms with Gasteiger partial charge in [0.15, 0.2) is 23.0 Å². The van der Waals surface area contributed by atoms with Crippen molar-refractivity contribution in [1.82, 2.24) is 9.80 Å². The summed E-state index contributed by atoms with van der Waals surface area (Å²) in [4.78, 5) is 30.1. The van der Waals surface area contributed by atoms with Crippen LogP contribution in [-0.2, 0) is 9.59 Å². The fourth-order valence-corrected chi connectivity index (χ4v) is 4.70. The van der Waals surface area contributed by atoms with Crippen LogP contribution >= 0.6 is 11.8 Å². The topological polar surface area (TPSA) is 77.5 Å². The summed E-state index contributed by atoms with van der Waals surface area (Å²) in [5.41, 5.74) is 0. The number of carbonyl (C=O) groups is 2. The summed E-state index contributed by atoms with van der Waals surface area (Å²) in [6.45, 7) is 3.28. The van der Waals surface area contributed by atoms with Crippen molar-refractivity contribution in [3.63, 3.8) is 0 Å². The van der Waals surface area contributed by atoms with Crippen molar-refractivity contribution in [2.45, 2.75) is 11.0 Å². The normalized spacial score (nSPS) is 19.4. The number of hydrogen-bond acceptors (Lipinski definition) is 7. The van der Waals surface area contributed by atoms with Crippen LogP contribution in [0.5, 0.6) is 23.0 Å². The first kappa shape index (κ1) is 20.8. The molecule has 8 nitrogen and oxygen atoms in total. The van der Waals surface area contributed by atoms with Crippen LogP contribution in [0.4, 0.5) is 0 Å². The summed E-state index contributed by atoms with van der Waals surface area (Å²) in [6, 6.07) is 13.1. The molecule has 0 aromatic heterocycles. The summed E-state index contributed by atoms with van der Waals surface area (Å²) in [6.07, 6.45) is -0.655. The molecule has 1 atom stereocenters. The highest BCUT2D eigenvalue weighted by molar-refractivity contribution is 8.00. The second kappa shape index (κ2) is 9.20. The monoisotopic (exact) mass is 456 g/mol. The fourth-order valence-electron chi connectivity index (χ4n) is 3.87. The van der Waals surface area contributed by atoms with Crippen molar-refractivity contribution >= 4 is 23.6 Å². The number of benzene rings is 2. The van der Waals surface area contributed by atoms with E-state index < -0.39 is 6.10 Å². The zero-order chi connectivity index (χ0) is 21.9. The second-order valence-electron chi connectivity index (χ2n) is 7.66. The molecule has 0 N–H and O–H groups in total. The molecule has 9 heteroatoms. The van der Waals surface area contributed by atoms with E-state index in [0.717, 1.165) is 16.4 Å². The third-order valence-electron chi connectivity index (χ3n) is 5.60. The third kappa shape index (κ3) is 4.43. The summed E-state index contributed by atoms with van der Waals surface area (Å²) in [7, 11) is 0. The minimum Gasteiger partial charge on any atom is -0.486 e. The largest absolute Gasteiger partial charge is 0.486 e. The lowest BCUT2D eigenvalue weighted by Crippen LogP contribution is -2.55. The van der Waals surface area contributed by atoms with Crippen LogP contribution in [0, 0.1) is 0 Å². The average Bonchev–Trinajstić information content (AvgIpc) is 2.86. The van der Waals surface area contributed by atoms with Crippen molar-refractivity contribution in [2.24, 2.45) is 0 Å². The number of para-hydroxylation sites is 2. The van der Waals surface area contributed by atoms with E-state index in [-0.39, 0.29) is 18.4 Å². The molecule has 1 saturated heterocycles. The zero-order valence-electron chi connectivity index (χ0n) is 17.5. The van der Waals surface area contributed by atoms with E-state index in [1.54, 1.807) is 11.0 Å². The average molecular weight is 457 g/mol. The molecule has 0 aliphatic carbocycles. The standard InChI is InChI=1S/C23H24N2O6S/c26-22(15-32-16-5-6-18-20(13-16)29-12-11-28-18)24-7-9-25(10-8-24)23(27)21-14-30-17-3-1-2-4-19(17)31-21/h1-6,13,21H,7-12,14-15H2/t21-/m1/s1. The lowest BCUT2D eigenvalue weighted by atomic mass is 10.2. The lowest BCUT2D eigenvalue weighted by molar-refractivity contribution is -0.145. The molecule has 2 aromatic rings. The highest BCUT2D eigenvalue weighted by Gasteiger charge is 2.33. The Morgan fingerprint density at radius 1 is 0.844 bits per heavy atom. The lowest BCUT2D eigenvalue weighted by Gasteiger charge is -2.37. The molecule has 32 heavy (non-hydrogen) atoms. The predicted octanol–water partition coefficient (Wildman–Crippen LogP) is 2.06. The molecule has 0 spiro atoms. The van der Waals surface area contributed by atoms with Crippen LogP contribution in [-0.4, -0.2) is 79.5 Å². The van der Waals surface area contributed by atoms with Gasteiger partial charge in [0.05, 0.1) is 5.75 Å². The number of amides is 2. The van der Waals surface area contributed by atoms with Crippen molar-refractivity contribution in [3.05, 3.63) is 42.5 Å².